The molecule has 0 bridgehead atoms. The monoisotopic (exact) mass is 265 g/mol. The summed E-state index contributed by atoms with van der Waals surface area (Å²) in [5.41, 5.74) is 0.831. The van der Waals surface area contributed by atoms with Gasteiger partial charge < -0.3 is 9.57 Å². The summed E-state index contributed by atoms with van der Waals surface area (Å²) in [7, 11) is 0. The number of benzene rings is 1. The fourth-order valence-corrected chi connectivity index (χ4v) is 1.26. The van der Waals surface area contributed by atoms with Crippen molar-refractivity contribution in [2.45, 2.75) is 20.5 Å². The van der Waals surface area contributed by atoms with Crippen LogP contribution < -0.4 is 0 Å². The maximum Gasteiger partial charge on any atom is 0.329 e. The molecular formula is C13H15NO5. The second-order valence-electron chi connectivity index (χ2n) is 3.78. The van der Waals surface area contributed by atoms with E-state index in [1.165, 1.54) is 6.92 Å². The first-order valence-corrected chi connectivity index (χ1v) is 5.65. The normalized spacial score (nSPS) is 9.58. The molecule has 1 aromatic carbocycles. The third-order valence-corrected chi connectivity index (χ3v) is 2.11. The highest BCUT2D eigenvalue weighted by atomic mass is 16.7. The highest BCUT2D eigenvalue weighted by Gasteiger charge is 2.17. The number of carbonyl (C=O) groups is 3. The summed E-state index contributed by atoms with van der Waals surface area (Å²) in [6, 6.07) is 9.11. The van der Waals surface area contributed by atoms with Crippen LogP contribution in [-0.2, 0) is 30.6 Å². The average Bonchev–Trinajstić information content (AvgIpc) is 2.36. The Bertz CT molecular complexity index is 457. The molecule has 102 valence electrons. The Morgan fingerprint density at radius 2 is 1.74 bits per heavy atom. The van der Waals surface area contributed by atoms with Crippen LogP contribution in [0.3, 0.4) is 0 Å². The number of ether oxygens (including phenoxy) is 1. The molecule has 19 heavy (non-hydrogen) atoms. The van der Waals surface area contributed by atoms with Crippen molar-refractivity contribution in [3.63, 3.8) is 0 Å². The number of hydrogen-bond donors (Lipinski definition) is 0. The van der Waals surface area contributed by atoms with Crippen molar-refractivity contribution in [2.24, 2.45) is 0 Å². The van der Waals surface area contributed by atoms with Crippen LogP contribution in [0.15, 0.2) is 30.3 Å². The van der Waals surface area contributed by atoms with E-state index in [9.17, 15) is 14.4 Å². The lowest BCUT2D eigenvalue weighted by atomic mass is 10.2. The second kappa shape index (κ2) is 7.15. The quantitative estimate of drug-likeness (QED) is 0.601. The van der Waals surface area contributed by atoms with E-state index in [0.717, 1.165) is 12.5 Å². The number of esters is 1. The zero-order chi connectivity index (χ0) is 14.3. The summed E-state index contributed by atoms with van der Waals surface area (Å²) in [5, 5.41) is 0.662. The SMILES string of the molecule is CC(=O)ON(CC(=O)OCc1ccccc1)C(C)=O. The Morgan fingerprint density at radius 3 is 2.26 bits per heavy atom. The predicted molar refractivity (Wildman–Crippen MR) is 65.4 cm³/mol. The van der Waals surface area contributed by atoms with Crippen LogP contribution in [0.25, 0.3) is 0 Å². The van der Waals surface area contributed by atoms with E-state index in [-0.39, 0.29) is 6.61 Å². The van der Waals surface area contributed by atoms with Crippen LogP contribution >= 0.6 is 0 Å². The minimum absolute atomic E-state index is 0.103. The largest absolute Gasteiger partial charge is 0.459 e. The molecule has 0 N–H and O–H groups in total. The van der Waals surface area contributed by atoms with Gasteiger partial charge in [-0.25, -0.2) is 4.79 Å². The van der Waals surface area contributed by atoms with E-state index in [1.807, 2.05) is 30.3 Å². The molecule has 0 aliphatic rings. The Kier molecular flexibility index (Phi) is 5.53. The average molecular weight is 265 g/mol. The number of hydrogen-bond acceptors (Lipinski definition) is 5. The first kappa shape index (κ1) is 14.7. The van der Waals surface area contributed by atoms with Gasteiger partial charge in [-0.1, -0.05) is 30.3 Å². The molecule has 0 saturated heterocycles. The molecule has 1 rings (SSSR count). The van der Waals surface area contributed by atoms with Gasteiger partial charge in [0.05, 0.1) is 0 Å². The molecule has 0 saturated carbocycles. The minimum Gasteiger partial charge on any atom is -0.459 e. The van der Waals surface area contributed by atoms with E-state index in [0.29, 0.717) is 5.06 Å². The molecule has 0 heterocycles. The van der Waals surface area contributed by atoms with Crippen molar-refractivity contribution in [3.8, 4) is 0 Å². The molecule has 0 aliphatic heterocycles. The molecule has 6 heteroatoms. The number of rotatable bonds is 4. The van der Waals surface area contributed by atoms with Crippen LogP contribution in [0.1, 0.15) is 19.4 Å². The van der Waals surface area contributed by atoms with Crippen LogP contribution in [0.4, 0.5) is 0 Å². The Morgan fingerprint density at radius 1 is 1.11 bits per heavy atom. The van der Waals surface area contributed by atoms with Crippen LogP contribution in [0.2, 0.25) is 0 Å². The van der Waals surface area contributed by atoms with Crippen molar-refractivity contribution in [3.05, 3.63) is 35.9 Å². The van der Waals surface area contributed by atoms with Gasteiger partial charge in [0, 0.05) is 13.8 Å². The molecule has 1 amide bonds. The Labute approximate surface area is 110 Å². The Hall–Kier alpha value is -2.37. The molecule has 0 atom stereocenters. The number of hydroxylamine groups is 2. The van der Waals surface area contributed by atoms with Crippen molar-refractivity contribution in [1.82, 2.24) is 5.06 Å². The van der Waals surface area contributed by atoms with E-state index >= 15 is 0 Å². The summed E-state index contributed by atoms with van der Waals surface area (Å²) >= 11 is 0. The maximum absolute atomic E-state index is 11.5. The lowest BCUT2D eigenvalue weighted by Crippen LogP contribution is -2.36. The molecule has 6 nitrogen and oxygen atoms in total. The van der Waals surface area contributed by atoms with Crippen molar-refractivity contribution in [2.75, 3.05) is 6.54 Å². The molecule has 0 aromatic heterocycles. The van der Waals surface area contributed by atoms with Gasteiger partial charge in [0.15, 0.2) is 6.54 Å². The van der Waals surface area contributed by atoms with Gasteiger partial charge in [-0.3, -0.25) is 9.59 Å². The summed E-state index contributed by atoms with van der Waals surface area (Å²) in [4.78, 5) is 38.0. The number of carbonyl (C=O) groups excluding carboxylic acids is 3. The van der Waals surface area contributed by atoms with Gasteiger partial charge >= 0.3 is 11.9 Å². The topological polar surface area (TPSA) is 72.9 Å². The van der Waals surface area contributed by atoms with Crippen LogP contribution in [0, 0.1) is 0 Å². The van der Waals surface area contributed by atoms with E-state index < -0.39 is 24.4 Å². The van der Waals surface area contributed by atoms with E-state index in [1.54, 1.807) is 0 Å². The first-order chi connectivity index (χ1) is 8.99. The van der Waals surface area contributed by atoms with Crippen molar-refractivity contribution >= 4 is 17.8 Å². The molecule has 0 spiro atoms. The highest BCUT2D eigenvalue weighted by molar-refractivity contribution is 5.81. The smallest absolute Gasteiger partial charge is 0.329 e. The van der Waals surface area contributed by atoms with Gasteiger partial charge in [0.25, 0.3) is 5.91 Å². The van der Waals surface area contributed by atoms with Crippen molar-refractivity contribution in [1.29, 1.82) is 0 Å². The third-order valence-electron chi connectivity index (χ3n) is 2.11. The van der Waals surface area contributed by atoms with Crippen LogP contribution in [-0.4, -0.2) is 29.5 Å². The molecule has 0 fully saturated rings. The zero-order valence-electron chi connectivity index (χ0n) is 10.8. The van der Waals surface area contributed by atoms with E-state index in [2.05, 4.69) is 4.84 Å². The fraction of sp³-hybridized carbons (Fsp3) is 0.308. The highest BCUT2D eigenvalue weighted by Crippen LogP contribution is 2.02. The molecular weight excluding hydrogens is 250 g/mol. The van der Waals surface area contributed by atoms with E-state index in [4.69, 9.17) is 4.74 Å². The molecule has 0 aliphatic carbocycles. The van der Waals surface area contributed by atoms with Gasteiger partial charge in [-0.15, -0.1) is 0 Å². The first-order valence-electron chi connectivity index (χ1n) is 5.65. The summed E-state index contributed by atoms with van der Waals surface area (Å²) in [6.45, 7) is 2.01. The lowest BCUT2D eigenvalue weighted by molar-refractivity contribution is -0.199. The summed E-state index contributed by atoms with van der Waals surface area (Å²) in [5.74, 6) is -1.88. The number of nitrogens with zero attached hydrogens (tertiary/aromatic N) is 1. The summed E-state index contributed by atoms with van der Waals surface area (Å²) in [6.07, 6.45) is 0. The maximum atomic E-state index is 11.5. The third kappa shape index (κ3) is 5.67. The minimum atomic E-state index is -0.675. The Balaban J connectivity index is 2.45. The standard InChI is InChI=1S/C13H15NO5/c1-10(15)14(19-11(2)16)8-13(17)18-9-12-6-4-3-5-7-12/h3-7H,8-9H2,1-2H3. The summed E-state index contributed by atoms with van der Waals surface area (Å²) < 4.78 is 4.97. The molecule has 0 unspecified atom stereocenters. The predicted octanol–water partition coefficient (Wildman–Crippen LogP) is 1.06. The van der Waals surface area contributed by atoms with Crippen LogP contribution in [0.5, 0.6) is 0 Å². The molecule has 0 radical (unpaired) electrons. The van der Waals surface area contributed by atoms with Gasteiger partial charge in [0.1, 0.15) is 6.61 Å². The van der Waals surface area contributed by atoms with Gasteiger partial charge in [-0.05, 0) is 5.56 Å². The lowest BCUT2D eigenvalue weighted by Gasteiger charge is -2.17. The molecule has 1 aromatic rings. The van der Waals surface area contributed by atoms with Gasteiger partial charge in [-0.2, -0.15) is 5.06 Å². The van der Waals surface area contributed by atoms with Crippen molar-refractivity contribution < 1.29 is 24.0 Å². The second-order valence-corrected chi connectivity index (χ2v) is 3.78. The zero-order valence-corrected chi connectivity index (χ0v) is 10.8. The number of amides is 1. The van der Waals surface area contributed by atoms with Gasteiger partial charge in [0.2, 0.25) is 0 Å². The fourth-order valence-electron chi connectivity index (χ4n) is 1.26.